The predicted molar refractivity (Wildman–Crippen MR) is 117 cm³/mol. The number of allylic oxidation sites excluding steroid dienone is 1. The lowest BCUT2D eigenvalue weighted by Crippen LogP contribution is -2.51. The van der Waals surface area contributed by atoms with Crippen LogP contribution in [0.25, 0.3) is 0 Å². The van der Waals surface area contributed by atoms with Gasteiger partial charge in [0.15, 0.2) is 0 Å². The van der Waals surface area contributed by atoms with Crippen molar-refractivity contribution >= 4 is 17.6 Å². The van der Waals surface area contributed by atoms with E-state index in [1.54, 1.807) is 11.0 Å². The van der Waals surface area contributed by atoms with Crippen molar-refractivity contribution in [1.29, 1.82) is 0 Å². The number of aryl methyl sites for hydroxylation is 2. The van der Waals surface area contributed by atoms with E-state index < -0.39 is 0 Å². The van der Waals surface area contributed by atoms with Crippen molar-refractivity contribution in [3.8, 4) is 0 Å². The molecule has 0 unspecified atom stereocenters. The fourth-order valence-corrected chi connectivity index (χ4v) is 3.42. The molecule has 0 aliphatic carbocycles. The molecule has 0 atom stereocenters. The van der Waals surface area contributed by atoms with Gasteiger partial charge in [0.1, 0.15) is 0 Å². The van der Waals surface area contributed by atoms with E-state index in [4.69, 9.17) is 0 Å². The summed E-state index contributed by atoms with van der Waals surface area (Å²) in [4.78, 5) is 28.6. The topological polar surface area (TPSA) is 52.7 Å². The summed E-state index contributed by atoms with van der Waals surface area (Å²) in [6.45, 7) is 6.20. The molecule has 5 heteroatoms. The maximum Gasteiger partial charge on any atom is 0.321 e. The standard InChI is InChI=1S/C24H29N3O2/c1-19-7-6-10-22(17-19)25-24(29)27-15-13-26(14-16-27)23(28)18-20(2)11-12-21-8-4-3-5-9-21/h3-10,17-18H,11-16H2,1-2H3,(H,25,29)/b20-18+. The van der Waals surface area contributed by atoms with Gasteiger partial charge in [0.25, 0.3) is 0 Å². The van der Waals surface area contributed by atoms with Crippen LogP contribution in [0.4, 0.5) is 10.5 Å². The largest absolute Gasteiger partial charge is 0.336 e. The summed E-state index contributed by atoms with van der Waals surface area (Å²) in [5.41, 5.74) is 4.26. The van der Waals surface area contributed by atoms with Crippen molar-refractivity contribution in [2.24, 2.45) is 0 Å². The van der Waals surface area contributed by atoms with Gasteiger partial charge in [0.05, 0.1) is 0 Å². The molecule has 1 aliphatic rings. The maximum absolute atomic E-state index is 12.6. The van der Waals surface area contributed by atoms with Gasteiger partial charge in [-0.05, 0) is 49.9 Å². The first-order valence-electron chi connectivity index (χ1n) is 10.1. The Kier molecular flexibility index (Phi) is 7.06. The fraction of sp³-hybridized carbons (Fsp3) is 0.333. The van der Waals surface area contributed by atoms with E-state index in [0.717, 1.165) is 29.7 Å². The summed E-state index contributed by atoms with van der Waals surface area (Å²) < 4.78 is 0. The molecular weight excluding hydrogens is 362 g/mol. The molecule has 1 fully saturated rings. The van der Waals surface area contributed by atoms with E-state index in [1.807, 2.05) is 61.2 Å². The highest BCUT2D eigenvalue weighted by molar-refractivity contribution is 5.90. The molecule has 1 heterocycles. The molecule has 152 valence electrons. The van der Waals surface area contributed by atoms with Crippen molar-refractivity contribution in [3.05, 3.63) is 77.4 Å². The van der Waals surface area contributed by atoms with Crippen molar-refractivity contribution in [3.63, 3.8) is 0 Å². The molecule has 1 N–H and O–H groups in total. The van der Waals surface area contributed by atoms with E-state index in [0.29, 0.717) is 26.2 Å². The number of nitrogens with zero attached hydrogens (tertiary/aromatic N) is 2. The van der Waals surface area contributed by atoms with Gasteiger partial charge in [-0.2, -0.15) is 0 Å². The van der Waals surface area contributed by atoms with Crippen molar-refractivity contribution < 1.29 is 9.59 Å². The van der Waals surface area contributed by atoms with Crippen LogP contribution in [0.5, 0.6) is 0 Å². The number of rotatable bonds is 5. The van der Waals surface area contributed by atoms with Crippen molar-refractivity contribution in [1.82, 2.24) is 9.80 Å². The molecule has 0 bridgehead atoms. The lowest BCUT2D eigenvalue weighted by Gasteiger charge is -2.34. The van der Waals surface area contributed by atoms with Crippen LogP contribution in [0, 0.1) is 6.92 Å². The van der Waals surface area contributed by atoms with Gasteiger partial charge in [-0.15, -0.1) is 0 Å². The average Bonchev–Trinajstić information content (AvgIpc) is 2.73. The number of anilines is 1. The minimum absolute atomic E-state index is 0.0364. The summed E-state index contributed by atoms with van der Waals surface area (Å²) in [7, 11) is 0. The SMILES string of the molecule is C/C(=C\C(=O)N1CCN(C(=O)Nc2cccc(C)c2)CC1)CCc1ccccc1. The van der Waals surface area contributed by atoms with Crippen LogP contribution in [0.2, 0.25) is 0 Å². The number of hydrogen-bond donors (Lipinski definition) is 1. The first-order valence-corrected chi connectivity index (χ1v) is 10.1. The summed E-state index contributed by atoms with van der Waals surface area (Å²) in [5, 5.41) is 2.93. The first-order chi connectivity index (χ1) is 14.0. The van der Waals surface area contributed by atoms with Crippen molar-refractivity contribution in [2.75, 3.05) is 31.5 Å². The van der Waals surface area contributed by atoms with E-state index >= 15 is 0 Å². The molecule has 29 heavy (non-hydrogen) atoms. The van der Waals surface area contributed by atoms with E-state index in [1.165, 1.54) is 5.56 Å². The van der Waals surface area contributed by atoms with Crippen LogP contribution in [0.15, 0.2) is 66.2 Å². The zero-order chi connectivity index (χ0) is 20.6. The van der Waals surface area contributed by atoms with Gasteiger partial charge in [-0.3, -0.25) is 4.79 Å². The Bertz CT molecular complexity index is 869. The Balaban J connectivity index is 1.45. The Labute approximate surface area is 173 Å². The third kappa shape index (κ3) is 6.21. The molecule has 1 aliphatic heterocycles. The summed E-state index contributed by atoms with van der Waals surface area (Å²) in [5.74, 6) is 0.0364. The third-order valence-electron chi connectivity index (χ3n) is 5.17. The number of urea groups is 1. The molecular formula is C24H29N3O2. The van der Waals surface area contributed by atoms with E-state index in [2.05, 4.69) is 17.4 Å². The number of benzene rings is 2. The molecule has 5 nitrogen and oxygen atoms in total. The predicted octanol–water partition coefficient (Wildman–Crippen LogP) is 4.25. The minimum Gasteiger partial charge on any atom is -0.336 e. The number of nitrogens with one attached hydrogen (secondary N) is 1. The summed E-state index contributed by atoms with van der Waals surface area (Å²) in [6.07, 6.45) is 3.55. The average molecular weight is 392 g/mol. The second-order valence-corrected chi connectivity index (χ2v) is 7.59. The van der Waals surface area contributed by atoms with Gasteiger partial charge >= 0.3 is 6.03 Å². The molecule has 0 aromatic heterocycles. The highest BCUT2D eigenvalue weighted by Gasteiger charge is 2.23. The second-order valence-electron chi connectivity index (χ2n) is 7.59. The molecule has 2 aromatic carbocycles. The van der Waals surface area contributed by atoms with Crippen LogP contribution in [-0.4, -0.2) is 47.9 Å². The van der Waals surface area contributed by atoms with Crippen LogP contribution >= 0.6 is 0 Å². The Hall–Kier alpha value is -3.08. The molecule has 0 radical (unpaired) electrons. The zero-order valence-electron chi connectivity index (χ0n) is 17.2. The number of piperazine rings is 1. The molecule has 3 rings (SSSR count). The first kappa shape index (κ1) is 20.6. The van der Waals surface area contributed by atoms with Gasteiger partial charge in [-0.1, -0.05) is 48.0 Å². The fourth-order valence-electron chi connectivity index (χ4n) is 3.42. The minimum atomic E-state index is -0.114. The molecule has 2 aromatic rings. The lowest BCUT2D eigenvalue weighted by molar-refractivity contribution is -0.127. The van der Waals surface area contributed by atoms with Gasteiger partial charge < -0.3 is 15.1 Å². The van der Waals surface area contributed by atoms with Gasteiger partial charge in [0.2, 0.25) is 5.91 Å². The highest BCUT2D eigenvalue weighted by Crippen LogP contribution is 2.13. The summed E-state index contributed by atoms with van der Waals surface area (Å²) in [6, 6.07) is 17.9. The third-order valence-corrected chi connectivity index (χ3v) is 5.17. The molecule has 0 spiro atoms. The van der Waals surface area contributed by atoms with Gasteiger partial charge in [-0.25, -0.2) is 4.79 Å². The van der Waals surface area contributed by atoms with Crippen molar-refractivity contribution in [2.45, 2.75) is 26.7 Å². The normalized spacial score (nSPS) is 14.6. The van der Waals surface area contributed by atoms with E-state index in [-0.39, 0.29) is 11.9 Å². The highest BCUT2D eigenvalue weighted by atomic mass is 16.2. The molecule has 1 saturated heterocycles. The van der Waals surface area contributed by atoms with Crippen LogP contribution < -0.4 is 5.32 Å². The lowest BCUT2D eigenvalue weighted by atomic mass is 10.1. The van der Waals surface area contributed by atoms with Crippen LogP contribution in [0.1, 0.15) is 24.5 Å². The number of amides is 3. The Morgan fingerprint density at radius 1 is 0.966 bits per heavy atom. The quantitative estimate of drug-likeness (QED) is 0.775. The maximum atomic E-state index is 12.6. The number of carbonyl (C=O) groups excluding carboxylic acids is 2. The number of hydrogen-bond acceptors (Lipinski definition) is 2. The zero-order valence-corrected chi connectivity index (χ0v) is 17.2. The second kappa shape index (κ2) is 9.92. The van der Waals surface area contributed by atoms with Crippen LogP contribution in [0.3, 0.4) is 0 Å². The Morgan fingerprint density at radius 2 is 1.66 bits per heavy atom. The Morgan fingerprint density at radius 3 is 2.34 bits per heavy atom. The van der Waals surface area contributed by atoms with E-state index in [9.17, 15) is 9.59 Å². The van der Waals surface area contributed by atoms with Crippen LogP contribution in [-0.2, 0) is 11.2 Å². The monoisotopic (exact) mass is 391 g/mol. The smallest absolute Gasteiger partial charge is 0.321 e. The van der Waals surface area contributed by atoms with Gasteiger partial charge in [0, 0.05) is 37.9 Å². The number of carbonyl (C=O) groups is 2. The summed E-state index contributed by atoms with van der Waals surface area (Å²) >= 11 is 0. The molecule has 3 amide bonds. The molecule has 0 saturated carbocycles.